The molecule has 0 bridgehead atoms. The minimum Gasteiger partial charge on any atom is -0.352 e. The number of fused-ring (bicyclic) bond motifs is 1. The van der Waals surface area contributed by atoms with Crippen molar-refractivity contribution >= 4 is 44.5 Å². The molecule has 2 atom stereocenters. The van der Waals surface area contributed by atoms with E-state index in [1.54, 1.807) is 0 Å². The van der Waals surface area contributed by atoms with Crippen LogP contribution < -0.4 is 5.32 Å². The second-order valence-electron chi connectivity index (χ2n) is 5.43. The molecule has 0 saturated heterocycles. The van der Waals surface area contributed by atoms with E-state index in [2.05, 4.69) is 26.2 Å². The number of benzene rings is 1. The fourth-order valence-corrected chi connectivity index (χ4v) is 2.80. The summed E-state index contributed by atoms with van der Waals surface area (Å²) < 4.78 is 2.87. The fourth-order valence-electron chi connectivity index (χ4n) is 2.30. The molecular weight excluding hydrogens is 354 g/mol. The van der Waals surface area contributed by atoms with E-state index in [-0.39, 0.29) is 23.4 Å². The number of aromatic nitrogens is 2. The van der Waals surface area contributed by atoms with Crippen LogP contribution in [0.15, 0.2) is 22.7 Å². The maximum absolute atomic E-state index is 12.3. The summed E-state index contributed by atoms with van der Waals surface area (Å²) in [6, 6.07) is 5.56. The zero-order valence-electron chi connectivity index (χ0n) is 12.5. The summed E-state index contributed by atoms with van der Waals surface area (Å²) in [5.74, 6) is 0.668. The molecule has 114 valence electrons. The smallest absolute Gasteiger partial charge is 0.243 e. The zero-order valence-corrected chi connectivity index (χ0v) is 14.9. The number of carbonyl (C=O) groups excluding carboxylic acids is 1. The molecular formula is C15H19BrClN3O. The molecule has 21 heavy (non-hydrogen) atoms. The van der Waals surface area contributed by atoms with Gasteiger partial charge in [0.1, 0.15) is 11.9 Å². The van der Waals surface area contributed by atoms with Gasteiger partial charge in [-0.2, -0.15) is 0 Å². The Morgan fingerprint density at radius 1 is 1.33 bits per heavy atom. The third-order valence-electron chi connectivity index (χ3n) is 3.23. The van der Waals surface area contributed by atoms with Gasteiger partial charge in [0, 0.05) is 10.5 Å². The number of alkyl halides is 1. The van der Waals surface area contributed by atoms with Crippen molar-refractivity contribution in [1.29, 1.82) is 0 Å². The third-order valence-corrected chi connectivity index (χ3v) is 3.92. The lowest BCUT2D eigenvalue weighted by atomic mass is 10.2. The van der Waals surface area contributed by atoms with Crippen molar-refractivity contribution in [2.45, 2.75) is 45.2 Å². The van der Waals surface area contributed by atoms with Gasteiger partial charge >= 0.3 is 0 Å². The highest BCUT2D eigenvalue weighted by molar-refractivity contribution is 9.10. The monoisotopic (exact) mass is 371 g/mol. The number of carbonyl (C=O) groups is 1. The molecule has 1 aromatic carbocycles. The van der Waals surface area contributed by atoms with Gasteiger partial charge in [0.05, 0.1) is 16.4 Å². The van der Waals surface area contributed by atoms with Crippen molar-refractivity contribution in [3.05, 3.63) is 28.5 Å². The van der Waals surface area contributed by atoms with Crippen LogP contribution >= 0.6 is 27.5 Å². The summed E-state index contributed by atoms with van der Waals surface area (Å²) in [4.78, 5) is 16.9. The maximum atomic E-state index is 12.3. The minimum atomic E-state index is -0.366. The summed E-state index contributed by atoms with van der Waals surface area (Å²) in [7, 11) is 0. The molecule has 1 heterocycles. The Labute approximate surface area is 138 Å². The van der Waals surface area contributed by atoms with E-state index in [1.807, 2.05) is 50.5 Å². The lowest BCUT2D eigenvalue weighted by molar-refractivity contribution is -0.124. The van der Waals surface area contributed by atoms with Crippen molar-refractivity contribution in [2.24, 2.45) is 0 Å². The van der Waals surface area contributed by atoms with Crippen molar-refractivity contribution in [3.8, 4) is 0 Å². The average molecular weight is 373 g/mol. The number of nitrogens with one attached hydrogen (secondary N) is 1. The highest BCUT2D eigenvalue weighted by Gasteiger charge is 2.24. The van der Waals surface area contributed by atoms with E-state index in [4.69, 9.17) is 11.6 Å². The summed E-state index contributed by atoms with van der Waals surface area (Å²) >= 11 is 9.69. The van der Waals surface area contributed by atoms with Crippen LogP contribution in [0.5, 0.6) is 0 Å². The number of hydrogen-bond acceptors (Lipinski definition) is 2. The minimum absolute atomic E-state index is 0.0363. The molecule has 0 aliphatic heterocycles. The van der Waals surface area contributed by atoms with Gasteiger partial charge in [-0.3, -0.25) is 4.79 Å². The van der Waals surface area contributed by atoms with E-state index in [0.717, 1.165) is 15.5 Å². The normalized spacial score (nSPS) is 14.4. The summed E-state index contributed by atoms with van der Waals surface area (Å²) in [6.45, 7) is 7.61. The largest absolute Gasteiger partial charge is 0.352 e. The molecule has 6 heteroatoms. The number of rotatable bonds is 4. The van der Waals surface area contributed by atoms with E-state index < -0.39 is 0 Å². The summed E-state index contributed by atoms with van der Waals surface area (Å²) in [5, 5.41) is 2.66. The van der Waals surface area contributed by atoms with Gasteiger partial charge in [-0.05, 0) is 45.9 Å². The van der Waals surface area contributed by atoms with Gasteiger partial charge in [0.15, 0.2) is 0 Å². The predicted octanol–water partition coefficient (Wildman–Crippen LogP) is 4.18. The first-order valence-electron chi connectivity index (χ1n) is 6.93. The van der Waals surface area contributed by atoms with Gasteiger partial charge in [0.25, 0.3) is 0 Å². The molecule has 2 rings (SSSR count). The first kappa shape index (κ1) is 16.3. The SMILES string of the molecule is CC(C)NC(=O)C(C)n1c(C(C)Cl)nc2cc(Br)ccc21. The number of nitrogens with zero attached hydrogens (tertiary/aromatic N) is 2. The average Bonchev–Trinajstić information content (AvgIpc) is 2.75. The Bertz CT molecular complexity index is 666. The standard InChI is InChI=1S/C15H19BrClN3O/c1-8(2)18-15(21)10(4)20-13-6-5-11(16)7-12(13)19-14(20)9(3)17/h5-10H,1-4H3,(H,18,21). The first-order chi connectivity index (χ1) is 9.81. The van der Waals surface area contributed by atoms with Crippen molar-refractivity contribution in [1.82, 2.24) is 14.9 Å². The lowest BCUT2D eigenvalue weighted by Crippen LogP contribution is -2.36. The molecule has 0 aliphatic carbocycles. The first-order valence-corrected chi connectivity index (χ1v) is 8.16. The Hall–Kier alpha value is -1.07. The van der Waals surface area contributed by atoms with E-state index >= 15 is 0 Å². The number of halogens is 2. The Balaban J connectivity index is 2.54. The van der Waals surface area contributed by atoms with Crippen molar-refractivity contribution < 1.29 is 4.79 Å². The summed E-state index contributed by atoms with van der Waals surface area (Å²) in [5.41, 5.74) is 1.74. The number of amides is 1. The third kappa shape index (κ3) is 3.40. The highest BCUT2D eigenvalue weighted by Crippen LogP contribution is 2.29. The topological polar surface area (TPSA) is 46.9 Å². The number of imidazole rings is 1. The maximum Gasteiger partial charge on any atom is 0.243 e. The Morgan fingerprint density at radius 2 is 2.00 bits per heavy atom. The van der Waals surface area contributed by atoms with Gasteiger partial charge in [-0.25, -0.2) is 4.98 Å². The van der Waals surface area contributed by atoms with Crippen molar-refractivity contribution in [2.75, 3.05) is 0 Å². The quantitative estimate of drug-likeness (QED) is 0.818. The summed E-state index contributed by atoms with van der Waals surface area (Å²) in [6.07, 6.45) is 0. The molecule has 1 aromatic heterocycles. The lowest BCUT2D eigenvalue weighted by Gasteiger charge is -2.19. The molecule has 0 saturated carbocycles. The van der Waals surface area contributed by atoms with Gasteiger partial charge in [-0.1, -0.05) is 15.9 Å². The molecule has 0 aliphatic rings. The second kappa shape index (κ2) is 6.36. The van der Waals surface area contributed by atoms with E-state index in [9.17, 15) is 4.79 Å². The Morgan fingerprint density at radius 3 is 2.57 bits per heavy atom. The van der Waals surface area contributed by atoms with Crippen LogP contribution in [0.1, 0.15) is 44.9 Å². The Kier molecular flexibility index (Phi) is 4.94. The highest BCUT2D eigenvalue weighted by atomic mass is 79.9. The van der Waals surface area contributed by atoms with Crippen LogP contribution in [0.25, 0.3) is 11.0 Å². The van der Waals surface area contributed by atoms with Crippen LogP contribution in [0, 0.1) is 0 Å². The van der Waals surface area contributed by atoms with Gasteiger partial charge < -0.3 is 9.88 Å². The molecule has 4 nitrogen and oxygen atoms in total. The second-order valence-corrected chi connectivity index (χ2v) is 7.00. The van der Waals surface area contributed by atoms with Crippen LogP contribution in [0.4, 0.5) is 0 Å². The van der Waals surface area contributed by atoms with E-state index in [1.165, 1.54) is 0 Å². The predicted molar refractivity (Wildman–Crippen MR) is 89.7 cm³/mol. The van der Waals surface area contributed by atoms with Crippen LogP contribution in [0.2, 0.25) is 0 Å². The van der Waals surface area contributed by atoms with E-state index in [0.29, 0.717) is 5.82 Å². The molecule has 1 N–H and O–H groups in total. The van der Waals surface area contributed by atoms with Crippen LogP contribution in [-0.4, -0.2) is 21.5 Å². The molecule has 0 fully saturated rings. The molecule has 2 unspecified atom stereocenters. The molecule has 2 aromatic rings. The van der Waals surface area contributed by atoms with Crippen LogP contribution in [0.3, 0.4) is 0 Å². The molecule has 1 amide bonds. The zero-order chi connectivity index (χ0) is 15.7. The fraction of sp³-hybridized carbons (Fsp3) is 0.467. The van der Waals surface area contributed by atoms with Gasteiger partial charge in [-0.15, -0.1) is 11.6 Å². The van der Waals surface area contributed by atoms with Crippen molar-refractivity contribution in [3.63, 3.8) is 0 Å². The van der Waals surface area contributed by atoms with Gasteiger partial charge in [0.2, 0.25) is 5.91 Å². The van der Waals surface area contributed by atoms with Crippen LogP contribution in [-0.2, 0) is 4.79 Å². The number of hydrogen-bond donors (Lipinski definition) is 1. The molecule has 0 spiro atoms. The molecule has 0 radical (unpaired) electrons.